The van der Waals surface area contributed by atoms with Gasteiger partial charge in [0.25, 0.3) is 0 Å². The molecule has 2 heterocycles. The minimum atomic E-state index is -0.241. The lowest BCUT2D eigenvalue weighted by Gasteiger charge is -2.28. The van der Waals surface area contributed by atoms with Crippen LogP contribution in [0.4, 0.5) is 5.69 Å². The molecule has 1 amide bonds. The van der Waals surface area contributed by atoms with Gasteiger partial charge in [0.2, 0.25) is 5.91 Å². The zero-order valence-electron chi connectivity index (χ0n) is 13.4. The van der Waals surface area contributed by atoms with E-state index in [2.05, 4.69) is 12.1 Å². The molecule has 124 valence electrons. The van der Waals surface area contributed by atoms with Gasteiger partial charge in [0.1, 0.15) is 6.73 Å². The van der Waals surface area contributed by atoms with Gasteiger partial charge in [0.15, 0.2) is 0 Å². The molecule has 0 radical (unpaired) electrons. The third-order valence-corrected chi connectivity index (χ3v) is 4.56. The lowest BCUT2D eigenvalue weighted by atomic mass is 9.92. The normalized spacial score (nSPS) is 23.7. The highest BCUT2D eigenvalue weighted by Crippen LogP contribution is 2.39. The number of carbonyl (C=O) groups is 1. The first-order chi connectivity index (χ1) is 11.8. The first-order valence-corrected chi connectivity index (χ1v) is 8.23. The Morgan fingerprint density at radius 1 is 1.00 bits per heavy atom. The predicted molar refractivity (Wildman–Crippen MR) is 90.1 cm³/mol. The number of hydroxylamine groups is 1. The number of hydrogen-bond donors (Lipinski definition) is 0. The molecule has 0 N–H and O–H groups in total. The highest BCUT2D eigenvalue weighted by atomic mass is 16.7. The van der Waals surface area contributed by atoms with Crippen molar-refractivity contribution in [1.29, 1.82) is 0 Å². The van der Waals surface area contributed by atoms with Crippen LogP contribution < -0.4 is 5.06 Å². The Hall–Kier alpha value is -2.37. The Labute approximate surface area is 141 Å². The van der Waals surface area contributed by atoms with Crippen molar-refractivity contribution in [3.63, 3.8) is 0 Å². The van der Waals surface area contributed by atoms with Gasteiger partial charge >= 0.3 is 0 Å². The number of amides is 1. The van der Waals surface area contributed by atoms with Crippen LogP contribution in [0.25, 0.3) is 0 Å². The van der Waals surface area contributed by atoms with Crippen molar-refractivity contribution in [2.75, 3.05) is 31.6 Å². The second kappa shape index (κ2) is 6.63. The number of ether oxygens (including phenoxy) is 1. The maximum Gasteiger partial charge on any atom is 0.232 e. The smallest absolute Gasteiger partial charge is 0.232 e. The summed E-state index contributed by atoms with van der Waals surface area (Å²) in [5.74, 6) is -0.144. The van der Waals surface area contributed by atoms with Crippen molar-refractivity contribution < 1.29 is 14.4 Å². The van der Waals surface area contributed by atoms with Crippen LogP contribution in [0.2, 0.25) is 0 Å². The van der Waals surface area contributed by atoms with Crippen molar-refractivity contribution in [3.8, 4) is 0 Å². The summed E-state index contributed by atoms with van der Waals surface area (Å²) in [5.41, 5.74) is 2.04. The van der Waals surface area contributed by atoms with Crippen LogP contribution in [0.1, 0.15) is 11.6 Å². The molecule has 2 saturated heterocycles. The number of rotatable bonds is 3. The molecule has 0 spiro atoms. The van der Waals surface area contributed by atoms with E-state index in [1.807, 2.05) is 53.6 Å². The minimum Gasteiger partial charge on any atom is -0.359 e. The van der Waals surface area contributed by atoms with Crippen LogP contribution >= 0.6 is 0 Å². The third kappa shape index (κ3) is 2.77. The number of carbonyl (C=O) groups excluding carboxylic acids is 1. The molecule has 2 aromatic carbocycles. The highest BCUT2D eigenvalue weighted by Gasteiger charge is 2.43. The lowest BCUT2D eigenvalue weighted by molar-refractivity contribution is -0.136. The fraction of sp³-hybridized carbons (Fsp3) is 0.316. The molecular formula is C19H20N2O3. The van der Waals surface area contributed by atoms with Gasteiger partial charge in [-0.05, 0) is 17.7 Å². The Balaban J connectivity index is 1.68. The van der Waals surface area contributed by atoms with Crippen molar-refractivity contribution in [1.82, 2.24) is 4.90 Å². The van der Waals surface area contributed by atoms with Gasteiger partial charge in [-0.15, -0.1) is 0 Å². The van der Waals surface area contributed by atoms with Gasteiger partial charge in [0.05, 0.1) is 30.9 Å². The van der Waals surface area contributed by atoms with E-state index in [9.17, 15) is 4.79 Å². The number of benzene rings is 2. The minimum absolute atomic E-state index is 0.0970. The van der Waals surface area contributed by atoms with E-state index in [0.717, 1.165) is 11.3 Å². The third-order valence-electron chi connectivity index (χ3n) is 4.56. The highest BCUT2D eigenvalue weighted by molar-refractivity contribution is 5.81. The van der Waals surface area contributed by atoms with Crippen LogP contribution in [-0.2, 0) is 14.4 Å². The van der Waals surface area contributed by atoms with Gasteiger partial charge < -0.3 is 9.64 Å². The first kappa shape index (κ1) is 15.2. The lowest BCUT2D eigenvalue weighted by Crippen LogP contribution is -2.38. The molecule has 0 bridgehead atoms. The van der Waals surface area contributed by atoms with E-state index in [1.165, 1.54) is 0 Å². The fourth-order valence-corrected chi connectivity index (χ4v) is 3.35. The van der Waals surface area contributed by atoms with Crippen molar-refractivity contribution in [2.45, 2.75) is 6.04 Å². The molecule has 0 aromatic heterocycles. The quantitative estimate of drug-likeness (QED) is 0.870. The van der Waals surface area contributed by atoms with Crippen molar-refractivity contribution in [3.05, 3.63) is 66.2 Å². The first-order valence-electron chi connectivity index (χ1n) is 8.23. The fourth-order valence-electron chi connectivity index (χ4n) is 3.35. The summed E-state index contributed by atoms with van der Waals surface area (Å²) < 4.78 is 5.34. The Morgan fingerprint density at radius 2 is 1.71 bits per heavy atom. The van der Waals surface area contributed by atoms with Crippen molar-refractivity contribution in [2.24, 2.45) is 5.92 Å². The summed E-state index contributed by atoms with van der Waals surface area (Å²) in [6, 6.07) is 19.9. The van der Waals surface area contributed by atoms with E-state index in [1.54, 1.807) is 4.90 Å². The van der Waals surface area contributed by atoms with Gasteiger partial charge in [-0.3, -0.25) is 9.63 Å². The molecule has 4 rings (SSSR count). The molecule has 0 unspecified atom stereocenters. The molecule has 2 aliphatic rings. The molecule has 24 heavy (non-hydrogen) atoms. The van der Waals surface area contributed by atoms with Crippen LogP contribution in [0.5, 0.6) is 0 Å². The molecule has 0 aliphatic carbocycles. The van der Waals surface area contributed by atoms with E-state index in [0.29, 0.717) is 26.5 Å². The van der Waals surface area contributed by atoms with Crippen LogP contribution in [0.15, 0.2) is 60.7 Å². The van der Waals surface area contributed by atoms with Crippen LogP contribution in [0.3, 0.4) is 0 Å². The molecule has 2 aliphatic heterocycles. The van der Waals surface area contributed by atoms with E-state index in [4.69, 9.17) is 9.57 Å². The van der Waals surface area contributed by atoms with E-state index < -0.39 is 0 Å². The molecule has 5 heteroatoms. The molecule has 2 atom stereocenters. The SMILES string of the molecule is O=C([C@H]1CON(c2ccccc2)[C@@H]1c1ccccc1)N1CCOC1. The average molecular weight is 324 g/mol. The van der Waals surface area contributed by atoms with Gasteiger partial charge in [0, 0.05) is 6.54 Å². The standard InChI is InChI=1S/C19H20N2O3/c22-19(20-11-12-23-14-20)17-13-24-21(16-9-5-2-6-10-16)18(17)15-7-3-1-4-8-15/h1-10,17-18H,11-14H2/t17-,18+/m0/s1. The summed E-state index contributed by atoms with van der Waals surface area (Å²) in [6.45, 7) is 2.02. The monoisotopic (exact) mass is 324 g/mol. The Bertz CT molecular complexity index is 686. The van der Waals surface area contributed by atoms with Crippen molar-refractivity contribution >= 4 is 11.6 Å². The molecular weight excluding hydrogens is 304 g/mol. The summed E-state index contributed by atoms with van der Waals surface area (Å²) in [6.07, 6.45) is 0. The van der Waals surface area contributed by atoms with Gasteiger partial charge in [-0.25, -0.2) is 5.06 Å². The molecule has 0 saturated carbocycles. The zero-order valence-corrected chi connectivity index (χ0v) is 13.4. The van der Waals surface area contributed by atoms with E-state index >= 15 is 0 Å². The molecule has 2 aromatic rings. The van der Waals surface area contributed by atoms with Gasteiger partial charge in [-0.2, -0.15) is 0 Å². The Kier molecular flexibility index (Phi) is 4.19. The largest absolute Gasteiger partial charge is 0.359 e. The number of hydrogen-bond acceptors (Lipinski definition) is 4. The topological polar surface area (TPSA) is 42.0 Å². The number of anilines is 1. The summed E-state index contributed by atoms with van der Waals surface area (Å²) in [7, 11) is 0. The average Bonchev–Trinajstić information content (AvgIpc) is 3.32. The Morgan fingerprint density at radius 3 is 2.38 bits per heavy atom. The maximum absolute atomic E-state index is 12.9. The molecule has 5 nitrogen and oxygen atoms in total. The number of nitrogens with zero attached hydrogens (tertiary/aromatic N) is 2. The summed E-state index contributed by atoms with van der Waals surface area (Å²) in [5, 5.41) is 1.87. The predicted octanol–water partition coefficient (Wildman–Crippen LogP) is 2.61. The summed E-state index contributed by atoms with van der Waals surface area (Å²) >= 11 is 0. The summed E-state index contributed by atoms with van der Waals surface area (Å²) in [4.78, 5) is 20.7. The van der Waals surface area contributed by atoms with Gasteiger partial charge in [-0.1, -0.05) is 48.5 Å². The van der Waals surface area contributed by atoms with E-state index in [-0.39, 0.29) is 17.9 Å². The maximum atomic E-state index is 12.9. The number of para-hydroxylation sites is 1. The van der Waals surface area contributed by atoms with Crippen LogP contribution in [-0.4, -0.2) is 37.3 Å². The second-order valence-electron chi connectivity index (χ2n) is 6.06. The van der Waals surface area contributed by atoms with Crippen LogP contribution in [0, 0.1) is 5.92 Å². The molecule has 2 fully saturated rings. The zero-order chi connectivity index (χ0) is 16.4. The second-order valence-corrected chi connectivity index (χ2v) is 6.06.